The van der Waals surface area contributed by atoms with E-state index < -0.39 is 5.97 Å². The van der Waals surface area contributed by atoms with Gasteiger partial charge in [0, 0.05) is 6.07 Å². The molecule has 0 radical (unpaired) electrons. The summed E-state index contributed by atoms with van der Waals surface area (Å²) in [6.07, 6.45) is 3.33. The Labute approximate surface area is 136 Å². The van der Waals surface area contributed by atoms with Crippen molar-refractivity contribution in [3.05, 3.63) is 53.7 Å². The minimum atomic E-state index is -1.09. The van der Waals surface area contributed by atoms with E-state index >= 15 is 0 Å². The smallest absolute Gasteiger partial charge is 0.342 e. The number of hydrogen-bond acceptors (Lipinski definition) is 6. The van der Waals surface area contributed by atoms with Gasteiger partial charge in [0.25, 0.3) is 0 Å². The highest BCUT2D eigenvalue weighted by Gasteiger charge is 2.21. The first-order valence-electron chi connectivity index (χ1n) is 6.77. The van der Waals surface area contributed by atoms with Crippen molar-refractivity contribution in [2.24, 2.45) is 0 Å². The number of thioether (sulfide) groups is 1. The monoisotopic (exact) mass is 330 g/mol. The molecule has 7 nitrogen and oxygen atoms in total. The lowest BCUT2D eigenvalue weighted by atomic mass is 10.2. The molecule has 2 N–H and O–H groups in total. The van der Waals surface area contributed by atoms with Gasteiger partial charge in [0.15, 0.2) is 11.5 Å². The highest BCUT2D eigenvalue weighted by atomic mass is 32.2. The van der Waals surface area contributed by atoms with Gasteiger partial charge in [0.1, 0.15) is 10.6 Å². The predicted octanol–water partition coefficient (Wildman–Crippen LogP) is 2.69. The third kappa shape index (κ3) is 3.13. The molecule has 2 heterocycles. The first-order valence-corrected chi connectivity index (χ1v) is 8.00. The fourth-order valence-corrected chi connectivity index (χ4v) is 2.69. The molecule has 2 aromatic heterocycles. The Hall–Kier alpha value is -2.58. The lowest BCUT2D eigenvalue weighted by molar-refractivity contribution is 0.0690. The Morgan fingerprint density at radius 2 is 2.13 bits per heavy atom. The van der Waals surface area contributed by atoms with E-state index in [-0.39, 0.29) is 11.4 Å². The molecular formula is C15H14N4O3S. The lowest BCUT2D eigenvalue weighted by Crippen LogP contribution is -2.14. The number of carbonyl (C=O) groups is 1. The van der Waals surface area contributed by atoms with Gasteiger partial charge in [-0.2, -0.15) is 9.61 Å². The number of benzene rings is 1. The second-order valence-corrected chi connectivity index (χ2v) is 5.42. The average molecular weight is 330 g/mol. The van der Waals surface area contributed by atoms with E-state index in [0.717, 1.165) is 5.56 Å². The number of aromatic carboxylic acids is 1. The summed E-state index contributed by atoms with van der Waals surface area (Å²) in [5, 5.41) is 14.0. The van der Waals surface area contributed by atoms with Crippen molar-refractivity contribution in [2.75, 3.05) is 11.7 Å². The summed E-state index contributed by atoms with van der Waals surface area (Å²) in [6.45, 7) is 0.291. The molecule has 0 saturated carbocycles. The van der Waals surface area contributed by atoms with E-state index in [9.17, 15) is 9.90 Å². The molecule has 3 rings (SSSR count). The maximum atomic E-state index is 11.6. The van der Waals surface area contributed by atoms with Gasteiger partial charge in [-0.05, 0) is 11.8 Å². The highest BCUT2D eigenvalue weighted by molar-refractivity contribution is 7.98. The summed E-state index contributed by atoms with van der Waals surface area (Å²) in [5.41, 5.74) is 4.25. The fourth-order valence-electron chi connectivity index (χ4n) is 2.12. The zero-order chi connectivity index (χ0) is 16.2. The third-order valence-electron chi connectivity index (χ3n) is 3.16. The van der Waals surface area contributed by atoms with Crippen LogP contribution in [-0.4, -0.2) is 31.9 Å². The minimum absolute atomic E-state index is 0.0294. The van der Waals surface area contributed by atoms with Crippen LogP contribution in [0.4, 0.5) is 5.82 Å². The van der Waals surface area contributed by atoms with Crippen LogP contribution >= 0.6 is 11.8 Å². The minimum Gasteiger partial charge on any atom is -0.477 e. The summed E-state index contributed by atoms with van der Waals surface area (Å²) < 4.78 is 1.41. The molecule has 3 aromatic rings. The van der Waals surface area contributed by atoms with Crippen LogP contribution < -0.4 is 5.48 Å². The van der Waals surface area contributed by atoms with Gasteiger partial charge in [-0.1, -0.05) is 30.3 Å². The summed E-state index contributed by atoms with van der Waals surface area (Å²) >= 11 is 1.26. The molecule has 0 aliphatic carbocycles. The van der Waals surface area contributed by atoms with Crippen molar-refractivity contribution in [3.63, 3.8) is 0 Å². The van der Waals surface area contributed by atoms with Crippen LogP contribution in [0.15, 0.2) is 47.6 Å². The first kappa shape index (κ1) is 15.3. The van der Waals surface area contributed by atoms with Crippen molar-refractivity contribution >= 4 is 29.2 Å². The standard InChI is InChI=1S/C15H14N4O3S/c1-23-14-12(15(20)21)13(19-11(17-14)7-8-16-19)18-22-9-10-5-3-2-4-6-10/h2-8,18H,9H2,1H3,(H,20,21). The van der Waals surface area contributed by atoms with Crippen LogP contribution in [0.3, 0.4) is 0 Å². The number of carboxylic acids is 1. The van der Waals surface area contributed by atoms with Crippen molar-refractivity contribution in [1.29, 1.82) is 0 Å². The SMILES string of the molecule is CSc1nc2ccnn2c(NOCc2ccccc2)c1C(=O)O. The molecule has 0 aliphatic rings. The molecule has 0 aliphatic heterocycles. The van der Waals surface area contributed by atoms with Crippen LogP contribution in [0.1, 0.15) is 15.9 Å². The topological polar surface area (TPSA) is 88.8 Å². The van der Waals surface area contributed by atoms with Crippen LogP contribution in [-0.2, 0) is 11.4 Å². The molecule has 23 heavy (non-hydrogen) atoms. The average Bonchev–Trinajstić information content (AvgIpc) is 3.03. The summed E-state index contributed by atoms with van der Waals surface area (Å²) in [6, 6.07) is 11.3. The number of carboxylic acid groups (broad SMARTS) is 1. The van der Waals surface area contributed by atoms with Gasteiger partial charge in [-0.15, -0.1) is 11.8 Å². The maximum Gasteiger partial charge on any atom is 0.342 e. The number of hydrogen-bond donors (Lipinski definition) is 2. The second kappa shape index (κ2) is 6.67. The molecule has 0 unspecified atom stereocenters. The molecule has 0 amide bonds. The molecule has 8 heteroatoms. The highest BCUT2D eigenvalue weighted by Crippen LogP contribution is 2.26. The Balaban J connectivity index is 1.93. The quantitative estimate of drug-likeness (QED) is 0.408. The molecule has 0 spiro atoms. The molecule has 0 bridgehead atoms. The van der Waals surface area contributed by atoms with E-state index in [1.54, 1.807) is 18.5 Å². The fraction of sp³-hybridized carbons (Fsp3) is 0.133. The third-order valence-corrected chi connectivity index (χ3v) is 3.84. The van der Waals surface area contributed by atoms with Crippen LogP contribution in [0.2, 0.25) is 0 Å². The Kier molecular flexibility index (Phi) is 4.45. The lowest BCUT2D eigenvalue weighted by Gasteiger charge is -2.13. The van der Waals surface area contributed by atoms with E-state index in [4.69, 9.17) is 4.84 Å². The molecule has 118 valence electrons. The molecule has 0 saturated heterocycles. The van der Waals surface area contributed by atoms with Crippen LogP contribution in [0, 0.1) is 0 Å². The number of nitrogens with zero attached hydrogens (tertiary/aromatic N) is 3. The van der Waals surface area contributed by atoms with E-state index in [2.05, 4.69) is 15.6 Å². The number of anilines is 1. The van der Waals surface area contributed by atoms with Crippen LogP contribution in [0.25, 0.3) is 5.65 Å². The van der Waals surface area contributed by atoms with Crippen molar-refractivity contribution < 1.29 is 14.7 Å². The van der Waals surface area contributed by atoms with E-state index in [0.29, 0.717) is 17.3 Å². The van der Waals surface area contributed by atoms with E-state index in [1.165, 1.54) is 16.3 Å². The predicted molar refractivity (Wildman–Crippen MR) is 86.6 cm³/mol. The van der Waals surface area contributed by atoms with Gasteiger partial charge in [0.05, 0.1) is 12.8 Å². The number of fused-ring (bicyclic) bond motifs is 1. The van der Waals surface area contributed by atoms with Gasteiger partial charge in [-0.3, -0.25) is 4.84 Å². The van der Waals surface area contributed by atoms with Crippen molar-refractivity contribution in [2.45, 2.75) is 11.6 Å². The molecule has 0 fully saturated rings. The molecule has 1 aromatic carbocycles. The second-order valence-electron chi connectivity index (χ2n) is 4.63. The van der Waals surface area contributed by atoms with Gasteiger partial charge in [0.2, 0.25) is 0 Å². The number of aromatic nitrogens is 3. The normalized spacial score (nSPS) is 10.8. The largest absolute Gasteiger partial charge is 0.477 e. The van der Waals surface area contributed by atoms with E-state index in [1.807, 2.05) is 30.3 Å². The van der Waals surface area contributed by atoms with Gasteiger partial charge >= 0.3 is 5.97 Å². The summed E-state index contributed by atoms with van der Waals surface area (Å²) in [4.78, 5) is 21.4. The molecular weight excluding hydrogens is 316 g/mol. The first-order chi connectivity index (χ1) is 11.2. The zero-order valence-electron chi connectivity index (χ0n) is 12.3. The summed E-state index contributed by atoms with van der Waals surface area (Å²) in [5.74, 6) is -0.849. The Bertz CT molecular complexity index is 835. The Morgan fingerprint density at radius 3 is 2.83 bits per heavy atom. The molecule has 0 atom stereocenters. The van der Waals surface area contributed by atoms with Gasteiger partial charge in [-0.25, -0.2) is 15.3 Å². The van der Waals surface area contributed by atoms with Gasteiger partial charge < -0.3 is 5.11 Å². The van der Waals surface area contributed by atoms with Crippen molar-refractivity contribution in [1.82, 2.24) is 14.6 Å². The number of rotatable bonds is 6. The Morgan fingerprint density at radius 1 is 1.35 bits per heavy atom. The summed E-state index contributed by atoms with van der Waals surface area (Å²) in [7, 11) is 0. The number of nitrogens with one attached hydrogen (secondary N) is 1. The zero-order valence-corrected chi connectivity index (χ0v) is 13.1. The maximum absolute atomic E-state index is 11.6. The van der Waals surface area contributed by atoms with Crippen LogP contribution in [0.5, 0.6) is 0 Å². The van der Waals surface area contributed by atoms with Crippen molar-refractivity contribution in [3.8, 4) is 0 Å².